The summed E-state index contributed by atoms with van der Waals surface area (Å²) < 4.78 is 23.7. The second-order valence-corrected chi connectivity index (χ2v) is 8.86. The van der Waals surface area contributed by atoms with Crippen LogP contribution in [0.3, 0.4) is 0 Å². The number of hydrogen-bond acceptors (Lipinski definition) is 4. The molecule has 7 nitrogen and oxygen atoms in total. The number of aryl methyl sites for hydroxylation is 1. The molecule has 0 N–H and O–H groups in total. The third-order valence-corrected chi connectivity index (χ3v) is 5.47. The zero-order valence-corrected chi connectivity index (χ0v) is 18.7. The fourth-order valence-electron chi connectivity index (χ4n) is 3.60. The van der Waals surface area contributed by atoms with Gasteiger partial charge in [-0.05, 0) is 40.8 Å². The lowest BCUT2D eigenvalue weighted by Gasteiger charge is -2.19. The van der Waals surface area contributed by atoms with Crippen molar-refractivity contribution in [2.24, 2.45) is 14.1 Å². The normalized spacial score (nSPS) is 11.8. The molecule has 0 aliphatic rings. The third-order valence-electron chi connectivity index (χ3n) is 5.47. The second-order valence-electron chi connectivity index (χ2n) is 8.86. The van der Waals surface area contributed by atoms with Crippen LogP contribution in [-0.4, -0.2) is 18.7 Å². The van der Waals surface area contributed by atoms with E-state index >= 15 is 0 Å². The van der Waals surface area contributed by atoms with Crippen LogP contribution in [0.4, 0.5) is 4.39 Å². The lowest BCUT2D eigenvalue weighted by Crippen LogP contribution is -2.37. The maximum atomic E-state index is 13.8. The predicted octanol–water partition coefficient (Wildman–Crippen LogP) is 3.71. The van der Waals surface area contributed by atoms with Gasteiger partial charge in [0.05, 0.1) is 6.54 Å². The monoisotopic (exact) mass is 436 g/mol. The molecule has 0 amide bonds. The molecule has 0 unspecified atom stereocenters. The first-order valence-corrected chi connectivity index (χ1v) is 10.3. The van der Waals surface area contributed by atoms with Crippen molar-refractivity contribution in [3.63, 3.8) is 0 Å². The van der Waals surface area contributed by atoms with Crippen molar-refractivity contribution in [1.82, 2.24) is 18.7 Å². The molecule has 0 atom stereocenters. The highest BCUT2D eigenvalue weighted by Gasteiger charge is 2.21. The average molecular weight is 436 g/mol. The van der Waals surface area contributed by atoms with Crippen LogP contribution < -0.4 is 16.0 Å². The van der Waals surface area contributed by atoms with Gasteiger partial charge in [0.15, 0.2) is 11.2 Å². The Morgan fingerprint density at radius 3 is 2.31 bits per heavy atom. The molecular weight excluding hydrogens is 411 g/mol. The van der Waals surface area contributed by atoms with Gasteiger partial charge in [0.25, 0.3) is 5.56 Å². The number of halogens is 1. The number of imidazole rings is 1. The van der Waals surface area contributed by atoms with Crippen molar-refractivity contribution in [2.45, 2.75) is 32.7 Å². The molecule has 2 heterocycles. The van der Waals surface area contributed by atoms with E-state index in [4.69, 9.17) is 4.74 Å². The molecule has 0 bridgehead atoms. The quantitative estimate of drug-likeness (QED) is 0.489. The van der Waals surface area contributed by atoms with E-state index in [1.165, 1.54) is 23.7 Å². The summed E-state index contributed by atoms with van der Waals surface area (Å²) in [6.07, 6.45) is 0. The predicted molar refractivity (Wildman–Crippen MR) is 121 cm³/mol. The molecule has 166 valence electrons. The van der Waals surface area contributed by atoms with Gasteiger partial charge in [0.2, 0.25) is 0 Å². The van der Waals surface area contributed by atoms with Gasteiger partial charge in [-0.1, -0.05) is 45.0 Å². The first-order chi connectivity index (χ1) is 15.1. The van der Waals surface area contributed by atoms with Crippen molar-refractivity contribution in [3.8, 4) is 11.8 Å². The lowest BCUT2D eigenvalue weighted by atomic mass is 9.87. The molecule has 4 aromatic rings. The molecule has 32 heavy (non-hydrogen) atoms. The Balaban J connectivity index is 1.87. The van der Waals surface area contributed by atoms with E-state index in [0.717, 1.165) is 10.1 Å². The lowest BCUT2D eigenvalue weighted by molar-refractivity contribution is 0.420. The maximum Gasteiger partial charge on any atom is 0.332 e. The van der Waals surface area contributed by atoms with E-state index in [0.29, 0.717) is 11.3 Å². The van der Waals surface area contributed by atoms with E-state index < -0.39 is 11.2 Å². The van der Waals surface area contributed by atoms with Crippen molar-refractivity contribution in [1.29, 1.82) is 0 Å². The van der Waals surface area contributed by atoms with Crippen molar-refractivity contribution < 1.29 is 9.13 Å². The van der Waals surface area contributed by atoms with Crippen LogP contribution in [0.25, 0.3) is 11.2 Å². The standard InChI is InChI=1S/C24H25FN4O3/c1-24(2,3)16-9-11-18(12-10-16)32-22-26-20-19(21(30)28(5)23(31)27(20)4)29(22)14-15-7-6-8-17(25)13-15/h6-13H,14H2,1-5H3. The molecule has 0 saturated carbocycles. The van der Waals surface area contributed by atoms with E-state index in [-0.39, 0.29) is 35.0 Å². The minimum absolute atomic E-state index is 0.00640. The van der Waals surface area contributed by atoms with Gasteiger partial charge in [-0.15, -0.1) is 0 Å². The second kappa shape index (κ2) is 7.78. The summed E-state index contributed by atoms with van der Waals surface area (Å²) >= 11 is 0. The van der Waals surface area contributed by atoms with Crippen LogP contribution >= 0.6 is 0 Å². The Morgan fingerprint density at radius 2 is 1.69 bits per heavy atom. The summed E-state index contributed by atoms with van der Waals surface area (Å²) in [4.78, 5) is 29.8. The minimum atomic E-state index is -0.495. The summed E-state index contributed by atoms with van der Waals surface area (Å²) in [5.74, 6) is 0.156. The Bertz CT molecular complexity index is 1420. The molecule has 0 radical (unpaired) electrons. The smallest absolute Gasteiger partial charge is 0.332 e. The third kappa shape index (κ3) is 3.84. The van der Waals surface area contributed by atoms with E-state index in [2.05, 4.69) is 25.8 Å². The molecule has 0 saturated heterocycles. The highest BCUT2D eigenvalue weighted by Crippen LogP contribution is 2.28. The number of rotatable bonds is 4. The number of fused-ring (bicyclic) bond motifs is 1. The molecule has 0 aliphatic heterocycles. The van der Waals surface area contributed by atoms with Gasteiger partial charge >= 0.3 is 11.7 Å². The molecule has 2 aromatic carbocycles. The summed E-state index contributed by atoms with van der Waals surface area (Å²) in [6, 6.07) is 13.9. The highest BCUT2D eigenvalue weighted by molar-refractivity contribution is 5.72. The number of hydrogen-bond donors (Lipinski definition) is 0. The van der Waals surface area contributed by atoms with Crippen LogP contribution in [0.1, 0.15) is 31.9 Å². The Kier molecular flexibility index (Phi) is 5.24. The van der Waals surface area contributed by atoms with E-state index in [1.54, 1.807) is 23.7 Å². The zero-order chi connectivity index (χ0) is 23.2. The van der Waals surface area contributed by atoms with Crippen LogP contribution in [0, 0.1) is 5.82 Å². The van der Waals surface area contributed by atoms with Crippen molar-refractivity contribution >= 4 is 11.2 Å². The van der Waals surface area contributed by atoms with Crippen LogP contribution in [-0.2, 0) is 26.1 Å². The summed E-state index contributed by atoms with van der Waals surface area (Å²) in [5, 5.41) is 0. The number of benzene rings is 2. The number of nitrogens with zero attached hydrogens (tertiary/aromatic N) is 4. The fraction of sp³-hybridized carbons (Fsp3) is 0.292. The van der Waals surface area contributed by atoms with Gasteiger partial charge in [0, 0.05) is 14.1 Å². The Hall–Kier alpha value is -3.68. The topological polar surface area (TPSA) is 71.1 Å². The first kappa shape index (κ1) is 21.5. The van der Waals surface area contributed by atoms with Gasteiger partial charge < -0.3 is 4.74 Å². The summed E-state index contributed by atoms with van der Waals surface area (Å²) in [7, 11) is 2.96. The first-order valence-electron chi connectivity index (χ1n) is 10.3. The van der Waals surface area contributed by atoms with Crippen LogP contribution in [0.15, 0.2) is 58.1 Å². The van der Waals surface area contributed by atoms with Crippen LogP contribution in [0.5, 0.6) is 11.8 Å². The summed E-state index contributed by atoms with van der Waals surface area (Å²) in [5.41, 5.74) is 1.20. The van der Waals surface area contributed by atoms with Crippen molar-refractivity contribution in [2.75, 3.05) is 0 Å². The average Bonchev–Trinajstić information content (AvgIpc) is 3.08. The molecule has 8 heteroatoms. The molecule has 0 spiro atoms. The van der Waals surface area contributed by atoms with Crippen molar-refractivity contribution in [3.05, 3.63) is 86.3 Å². The SMILES string of the molecule is Cn1c(=O)c2c(nc(Oc3ccc(C(C)(C)C)cc3)n2Cc2cccc(F)c2)n(C)c1=O. The zero-order valence-electron chi connectivity index (χ0n) is 18.7. The minimum Gasteiger partial charge on any atom is -0.425 e. The number of ether oxygens (including phenoxy) is 1. The fourth-order valence-corrected chi connectivity index (χ4v) is 3.60. The highest BCUT2D eigenvalue weighted by atomic mass is 19.1. The summed E-state index contributed by atoms with van der Waals surface area (Å²) in [6.45, 7) is 6.52. The molecule has 0 aliphatic carbocycles. The van der Waals surface area contributed by atoms with Crippen LogP contribution in [0.2, 0.25) is 0 Å². The maximum absolute atomic E-state index is 13.8. The van der Waals surface area contributed by atoms with Gasteiger partial charge in [0.1, 0.15) is 11.6 Å². The molecule has 4 rings (SSSR count). The van der Waals surface area contributed by atoms with Gasteiger partial charge in [-0.25, -0.2) is 9.18 Å². The van der Waals surface area contributed by atoms with Gasteiger partial charge in [-0.3, -0.25) is 18.5 Å². The van der Waals surface area contributed by atoms with Gasteiger partial charge in [-0.2, -0.15) is 4.98 Å². The Morgan fingerprint density at radius 1 is 1.00 bits per heavy atom. The molecule has 2 aromatic heterocycles. The number of aromatic nitrogens is 4. The largest absolute Gasteiger partial charge is 0.425 e. The molecular formula is C24H25FN4O3. The van der Waals surface area contributed by atoms with E-state index in [1.807, 2.05) is 24.3 Å². The Labute approximate surface area is 184 Å². The molecule has 0 fully saturated rings. The van der Waals surface area contributed by atoms with E-state index in [9.17, 15) is 14.0 Å².